The summed E-state index contributed by atoms with van der Waals surface area (Å²) in [7, 11) is 1.68. The van der Waals surface area contributed by atoms with E-state index in [2.05, 4.69) is 11.0 Å². The summed E-state index contributed by atoms with van der Waals surface area (Å²) in [6.07, 6.45) is 0. The van der Waals surface area contributed by atoms with Crippen LogP contribution in [0.2, 0.25) is 0 Å². The Kier molecular flexibility index (Phi) is 4.34. The van der Waals surface area contributed by atoms with E-state index in [4.69, 9.17) is 4.74 Å². The van der Waals surface area contributed by atoms with Crippen LogP contribution in [0.4, 0.5) is 5.69 Å². The van der Waals surface area contributed by atoms with Crippen LogP contribution in [-0.4, -0.2) is 44.1 Å². The van der Waals surface area contributed by atoms with E-state index in [1.807, 2.05) is 41.5 Å². The molecular weight excluding hydrogens is 296 g/mol. The molecule has 1 aromatic carbocycles. The van der Waals surface area contributed by atoms with Gasteiger partial charge in [-0.2, -0.15) is 0 Å². The van der Waals surface area contributed by atoms with Crippen molar-refractivity contribution in [1.29, 1.82) is 0 Å². The largest absolute Gasteiger partial charge is 0.497 e. The molecule has 0 atom stereocenters. The number of carbonyl (C=O) groups is 1. The minimum atomic E-state index is 0.165. The molecule has 3 rings (SSSR count). The topological polar surface area (TPSA) is 32.8 Å². The molecule has 22 heavy (non-hydrogen) atoms. The number of benzene rings is 1. The lowest BCUT2D eigenvalue weighted by Gasteiger charge is -2.36. The fraction of sp³-hybridized carbons (Fsp3) is 0.353. The highest BCUT2D eigenvalue weighted by atomic mass is 32.1. The molecule has 0 saturated carbocycles. The third-order valence-electron chi connectivity index (χ3n) is 4.04. The quantitative estimate of drug-likeness (QED) is 0.872. The summed E-state index contributed by atoms with van der Waals surface area (Å²) in [5.41, 5.74) is 2.23. The Morgan fingerprint density at radius 3 is 2.59 bits per heavy atom. The predicted octanol–water partition coefficient (Wildman–Crippen LogP) is 3.03. The average molecular weight is 316 g/mol. The maximum absolute atomic E-state index is 12.5. The molecule has 4 nitrogen and oxygen atoms in total. The van der Waals surface area contributed by atoms with Crippen molar-refractivity contribution in [3.63, 3.8) is 0 Å². The minimum absolute atomic E-state index is 0.165. The number of thiophene rings is 1. The summed E-state index contributed by atoms with van der Waals surface area (Å²) in [6, 6.07) is 10.1. The molecule has 0 N–H and O–H groups in total. The molecule has 1 fully saturated rings. The number of hydrogen-bond donors (Lipinski definition) is 0. The molecule has 2 aromatic rings. The van der Waals surface area contributed by atoms with Gasteiger partial charge in [0.05, 0.1) is 12.0 Å². The van der Waals surface area contributed by atoms with Gasteiger partial charge in [-0.05, 0) is 36.1 Å². The van der Waals surface area contributed by atoms with E-state index in [9.17, 15) is 4.79 Å². The SMILES string of the molecule is COc1cccc(N2CCN(C(=O)c3sccc3C)CC2)c1. The van der Waals surface area contributed by atoms with Crippen LogP contribution in [0.1, 0.15) is 15.2 Å². The van der Waals surface area contributed by atoms with Crippen LogP contribution in [0.3, 0.4) is 0 Å². The summed E-state index contributed by atoms with van der Waals surface area (Å²) < 4.78 is 5.28. The first-order valence-electron chi connectivity index (χ1n) is 7.41. The number of ether oxygens (including phenoxy) is 1. The van der Waals surface area contributed by atoms with Crippen molar-refractivity contribution in [1.82, 2.24) is 4.90 Å². The van der Waals surface area contributed by atoms with Crippen molar-refractivity contribution in [2.75, 3.05) is 38.2 Å². The number of hydrogen-bond acceptors (Lipinski definition) is 4. The molecule has 1 aliphatic rings. The number of anilines is 1. The summed E-state index contributed by atoms with van der Waals surface area (Å²) in [6.45, 7) is 5.21. The number of carbonyl (C=O) groups excluding carboxylic acids is 1. The number of aryl methyl sites for hydroxylation is 1. The van der Waals surface area contributed by atoms with Gasteiger partial charge in [0, 0.05) is 37.9 Å². The molecule has 0 spiro atoms. The molecular formula is C17H20N2O2S. The number of methoxy groups -OCH3 is 1. The lowest BCUT2D eigenvalue weighted by atomic mass is 10.2. The van der Waals surface area contributed by atoms with E-state index in [1.165, 1.54) is 11.3 Å². The van der Waals surface area contributed by atoms with Gasteiger partial charge in [-0.3, -0.25) is 4.79 Å². The average Bonchev–Trinajstić information content (AvgIpc) is 3.00. The summed E-state index contributed by atoms with van der Waals surface area (Å²) >= 11 is 1.53. The molecule has 0 radical (unpaired) electrons. The van der Waals surface area contributed by atoms with Gasteiger partial charge < -0.3 is 14.5 Å². The summed E-state index contributed by atoms with van der Waals surface area (Å²) in [5.74, 6) is 1.03. The smallest absolute Gasteiger partial charge is 0.264 e. The lowest BCUT2D eigenvalue weighted by Crippen LogP contribution is -2.48. The van der Waals surface area contributed by atoms with Gasteiger partial charge in [0.1, 0.15) is 5.75 Å². The Balaban J connectivity index is 1.65. The van der Waals surface area contributed by atoms with Gasteiger partial charge >= 0.3 is 0 Å². The monoisotopic (exact) mass is 316 g/mol. The van der Waals surface area contributed by atoms with Gasteiger partial charge in [-0.15, -0.1) is 11.3 Å². The fourth-order valence-corrected chi connectivity index (χ4v) is 3.60. The zero-order valence-electron chi connectivity index (χ0n) is 12.9. The van der Waals surface area contributed by atoms with Crippen LogP contribution in [0.25, 0.3) is 0 Å². The zero-order valence-corrected chi connectivity index (χ0v) is 13.7. The van der Waals surface area contributed by atoms with E-state index < -0.39 is 0 Å². The normalized spacial score (nSPS) is 15.0. The Hall–Kier alpha value is -2.01. The van der Waals surface area contributed by atoms with Gasteiger partial charge in [0.2, 0.25) is 0 Å². The highest BCUT2D eigenvalue weighted by Crippen LogP contribution is 2.23. The third kappa shape index (κ3) is 2.95. The zero-order chi connectivity index (χ0) is 15.5. The Morgan fingerprint density at radius 2 is 1.95 bits per heavy atom. The molecule has 116 valence electrons. The second-order valence-electron chi connectivity index (χ2n) is 5.41. The first-order valence-corrected chi connectivity index (χ1v) is 8.29. The van der Waals surface area contributed by atoms with Crippen LogP contribution in [0, 0.1) is 6.92 Å². The first-order chi connectivity index (χ1) is 10.7. The van der Waals surface area contributed by atoms with Crippen molar-refractivity contribution in [2.24, 2.45) is 0 Å². The molecule has 2 heterocycles. The van der Waals surface area contributed by atoms with Gasteiger partial charge in [-0.1, -0.05) is 6.07 Å². The lowest BCUT2D eigenvalue weighted by molar-refractivity contribution is 0.0751. The van der Waals surface area contributed by atoms with Gasteiger partial charge in [0.15, 0.2) is 0 Å². The van der Waals surface area contributed by atoms with Crippen molar-refractivity contribution >= 4 is 22.9 Å². The van der Waals surface area contributed by atoms with E-state index in [0.29, 0.717) is 0 Å². The van der Waals surface area contributed by atoms with E-state index >= 15 is 0 Å². The van der Waals surface area contributed by atoms with Crippen molar-refractivity contribution < 1.29 is 9.53 Å². The van der Waals surface area contributed by atoms with Crippen LogP contribution in [0.15, 0.2) is 35.7 Å². The molecule has 0 unspecified atom stereocenters. The van der Waals surface area contributed by atoms with E-state index in [-0.39, 0.29) is 5.91 Å². The second-order valence-corrected chi connectivity index (χ2v) is 6.33. The second kappa shape index (κ2) is 6.40. The maximum atomic E-state index is 12.5. The fourth-order valence-electron chi connectivity index (χ4n) is 2.71. The van der Waals surface area contributed by atoms with Crippen LogP contribution >= 0.6 is 11.3 Å². The predicted molar refractivity (Wildman–Crippen MR) is 90.2 cm³/mol. The number of amides is 1. The third-order valence-corrected chi connectivity index (χ3v) is 5.05. The first kappa shape index (κ1) is 14.9. The molecule has 1 amide bonds. The Morgan fingerprint density at radius 1 is 1.18 bits per heavy atom. The van der Waals surface area contributed by atoms with E-state index in [1.54, 1.807) is 7.11 Å². The molecule has 0 aliphatic carbocycles. The number of rotatable bonds is 3. The summed E-state index contributed by atoms with van der Waals surface area (Å²) in [4.78, 5) is 17.6. The number of nitrogens with zero attached hydrogens (tertiary/aromatic N) is 2. The van der Waals surface area contributed by atoms with Crippen LogP contribution in [0.5, 0.6) is 5.75 Å². The molecule has 1 saturated heterocycles. The highest BCUT2D eigenvalue weighted by molar-refractivity contribution is 7.12. The Labute approximate surface area is 134 Å². The summed E-state index contributed by atoms with van der Waals surface area (Å²) in [5, 5.41) is 1.98. The van der Waals surface area contributed by atoms with Crippen molar-refractivity contribution in [3.8, 4) is 5.75 Å². The number of piperazine rings is 1. The van der Waals surface area contributed by atoms with Crippen LogP contribution in [-0.2, 0) is 0 Å². The Bertz CT molecular complexity index is 660. The van der Waals surface area contributed by atoms with Crippen LogP contribution < -0.4 is 9.64 Å². The molecule has 1 aromatic heterocycles. The van der Waals surface area contributed by atoms with Gasteiger partial charge in [0.25, 0.3) is 5.91 Å². The standard InChI is InChI=1S/C17H20N2O2S/c1-13-6-11-22-16(13)17(20)19-9-7-18(8-10-19)14-4-3-5-15(12-14)21-2/h3-6,11-12H,7-10H2,1-2H3. The molecule has 0 bridgehead atoms. The van der Waals surface area contributed by atoms with Crippen molar-refractivity contribution in [3.05, 3.63) is 46.2 Å². The molecule has 1 aliphatic heterocycles. The maximum Gasteiger partial charge on any atom is 0.264 e. The van der Waals surface area contributed by atoms with Gasteiger partial charge in [-0.25, -0.2) is 0 Å². The van der Waals surface area contributed by atoms with Crippen molar-refractivity contribution in [2.45, 2.75) is 6.92 Å². The highest BCUT2D eigenvalue weighted by Gasteiger charge is 2.24. The molecule has 5 heteroatoms. The van der Waals surface area contributed by atoms with E-state index in [0.717, 1.165) is 48.1 Å². The minimum Gasteiger partial charge on any atom is -0.497 e.